The van der Waals surface area contributed by atoms with Crippen molar-refractivity contribution in [3.63, 3.8) is 0 Å². The first kappa shape index (κ1) is 16.8. The molecule has 2 aromatic rings. The number of aromatic nitrogens is 1. The van der Waals surface area contributed by atoms with Gasteiger partial charge in [-0.3, -0.25) is 9.80 Å². The number of pyridine rings is 1. The van der Waals surface area contributed by atoms with E-state index in [4.69, 9.17) is 4.74 Å². The van der Waals surface area contributed by atoms with Gasteiger partial charge in [0, 0.05) is 63.2 Å². The molecule has 0 spiro atoms. The van der Waals surface area contributed by atoms with Crippen LogP contribution in [0.4, 0.5) is 8.78 Å². The zero-order chi connectivity index (χ0) is 16.9. The van der Waals surface area contributed by atoms with E-state index in [0.717, 1.165) is 38.8 Å². The third kappa shape index (κ3) is 4.27. The van der Waals surface area contributed by atoms with Crippen molar-refractivity contribution in [1.82, 2.24) is 14.8 Å². The largest absolute Gasteiger partial charge is 0.481 e. The summed E-state index contributed by atoms with van der Waals surface area (Å²) in [5.41, 5.74) is 1.71. The SMILES string of the molecule is COc1cc(CN2CCN(Cc3ccc(F)cc3F)CC2)ccn1. The summed E-state index contributed by atoms with van der Waals surface area (Å²) < 4.78 is 31.9. The highest BCUT2D eigenvalue weighted by Gasteiger charge is 2.18. The molecule has 0 saturated carbocycles. The second-order valence-corrected chi connectivity index (χ2v) is 5.99. The molecule has 0 amide bonds. The Labute approximate surface area is 140 Å². The standard InChI is InChI=1S/C18H21F2N3O/c1-24-18-10-14(4-5-21-18)12-22-6-8-23(9-7-22)13-15-2-3-16(19)11-17(15)20/h2-5,10-11H,6-9,12-13H2,1H3. The summed E-state index contributed by atoms with van der Waals surface area (Å²) in [6.07, 6.45) is 1.75. The van der Waals surface area contributed by atoms with Gasteiger partial charge in [-0.2, -0.15) is 0 Å². The van der Waals surface area contributed by atoms with Crippen LogP contribution in [0.25, 0.3) is 0 Å². The van der Waals surface area contributed by atoms with E-state index >= 15 is 0 Å². The van der Waals surface area contributed by atoms with Crippen LogP contribution in [-0.4, -0.2) is 48.1 Å². The Kier molecular flexibility index (Phi) is 5.37. The number of halogens is 2. The first-order valence-electron chi connectivity index (χ1n) is 8.01. The molecule has 0 radical (unpaired) electrons. The Morgan fingerprint density at radius 1 is 1.00 bits per heavy atom. The van der Waals surface area contributed by atoms with E-state index < -0.39 is 11.6 Å². The molecule has 3 rings (SSSR count). The molecule has 128 valence electrons. The topological polar surface area (TPSA) is 28.6 Å². The molecule has 24 heavy (non-hydrogen) atoms. The summed E-state index contributed by atoms with van der Waals surface area (Å²) in [6.45, 7) is 4.90. The van der Waals surface area contributed by atoms with Gasteiger partial charge in [0.2, 0.25) is 5.88 Å². The van der Waals surface area contributed by atoms with Crippen molar-refractivity contribution < 1.29 is 13.5 Å². The molecule has 6 heteroatoms. The quantitative estimate of drug-likeness (QED) is 0.841. The molecule has 0 unspecified atom stereocenters. The van der Waals surface area contributed by atoms with Crippen LogP contribution in [-0.2, 0) is 13.1 Å². The van der Waals surface area contributed by atoms with Crippen LogP contribution in [0.2, 0.25) is 0 Å². The third-order valence-electron chi connectivity index (χ3n) is 4.29. The molecule has 1 aliphatic heterocycles. The molecule has 0 aliphatic carbocycles. The smallest absolute Gasteiger partial charge is 0.213 e. The molecule has 1 aromatic heterocycles. The number of hydrogen-bond donors (Lipinski definition) is 0. The van der Waals surface area contributed by atoms with Crippen molar-refractivity contribution in [2.75, 3.05) is 33.3 Å². The Balaban J connectivity index is 1.52. The van der Waals surface area contributed by atoms with Crippen molar-refractivity contribution >= 4 is 0 Å². The van der Waals surface area contributed by atoms with Crippen LogP contribution < -0.4 is 4.74 Å². The van der Waals surface area contributed by atoms with Crippen molar-refractivity contribution in [3.05, 3.63) is 59.3 Å². The van der Waals surface area contributed by atoms with Crippen LogP contribution in [0.3, 0.4) is 0 Å². The number of nitrogens with zero attached hydrogens (tertiary/aromatic N) is 3. The van der Waals surface area contributed by atoms with Gasteiger partial charge < -0.3 is 4.74 Å². The molecule has 1 saturated heterocycles. The molecule has 2 heterocycles. The summed E-state index contributed by atoms with van der Waals surface area (Å²) in [5.74, 6) is -0.381. The summed E-state index contributed by atoms with van der Waals surface area (Å²) in [5, 5.41) is 0. The molecule has 0 N–H and O–H groups in total. The lowest BCUT2D eigenvalue weighted by molar-refractivity contribution is 0.121. The number of benzene rings is 1. The maximum Gasteiger partial charge on any atom is 0.213 e. The predicted molar refractivity (Wildman–Crippen MR) is 87.7 cm³/mol. The van der Waals surface area contributed by atoms with Crippen LogP contribution in [0.1, 0.15) is 11.1 Å². The van der Waals surface area contributed by atoms with E-state index in [0.29, 0.717) is 18.0 Å². The minimum atomic E-state index is -0.533. The third-order valence-corrected chi connectivity index (χ3v) is 4.29. The van der Waals surface area contributed by atoms with E-state index in [9.17, 15) is 8.78 Å². The predicted octanol–water partition coefficient (Wildman–Crippen LogP) is 2.69. The fourth-order valence-electron chi connectivity index (χ4n) is 2.91. The van der Waals surface area contributed by atoms with Crippen LogP contribution in [0.5, 0.6) is 5.88 Å². The summed E-state index contributed by atoms with van der Waals surface area (Å²) in [7, 11) is 1.61. The molecule has 1 fully saturated rings. The Bertz CT molecular complexity index is 688. The lowest BCUT2D eigenvalue weighted by Gasteiger charge is -2.34. The number of methoxy groups -OCH3 is 1. The van der Waals surface area contributed by atoms with Gasteiger partial charge in [0.1, 0.15) is 11.6 Å². The number of hydrogen-bond acceptors (Lipinski definition) is 4. The highest BCUT2D eigenvalue weighted by Crippen LogP contribution is 2.16. The van der Waals surface area contributed by atoms with Crippen molar-refractivity contribution in [1.29, 1.82) is 0 Å². The zero-order valence-electron chi connectivity index (χ0n) is 13.7. The fraction of sp³-hybridized carbons (Fsp3) is 0.389. The van der Waals surface area contributed by atoms with Gasteiger partial charge >= 0.3 is 0 Å². The molecular weight excluding hydrogens is 312 g/mol. The first-order valence-corrected chi connectivity index (χ1v) is 8.01. The van der Waals surface area contributed by atoms with Gasteiger partial charge in [0.05, 0.1) is 7.11 Å². The van der Waals surface area contributed by atoms with E-state index in [1.807, 2.05) is 12.1 Å². The summed E-state index contributed by atoms with van der Waals surface area (Å²) in [6, 6.07) is 7.72. The fourth-order valence-corrected chi connectivity index (χ4v) is 2.91. The van der Waals surface area contributed by atoms with Crippen LogP contribution >= 0.6 is 0 Å². The number of piperazine rings is 1. The lowest BCUT2D eigenvalue weighted by Crippen LogP contribution is -2.45. The van der Waals surface area contributed by atoms with E-state index in [-0.39, 0.29) is 0 Å². The molecule has 1 aliphatic rings. The summed E-state index contributed by atoms with van der Waals surface area (Å²) >= 11 is 0. The van der Waals surface area contributed by atoms with Gasteiger partial charge in [-0.25, -0.2) is 13.8 Å². The average Bonchev–Trinajstić information content (AvgIpc) is 2.59. The Morgan fingerprint density at radius 2 is 1.71 bits per heavy atom. The minimum absolute atomic E-state index is 0.471. The van der Waals surface area contributed by atoms with Gasteiger partial charge in [0.15, 0.2) is 0 Å². The maximum atomic E-state index is 13.7. The first-order chi connectivity index (χ1) is 11.6. The van der Waals surface area contributed by atoms with Crippen LogP contribution in [0, 0.1) is 11.6 Å². The zero-order valence-corrected chi connectivity index (χ0v) is 13.7. The van der Waals surface area contributed by atoms with Gasteiger partial charge in [-0.1, -0.05) is 6.07 Å². The van der Waals surface area contributed by atoms with E-state index in [1.54, 1.807) is 13.3 Å². The monoisotopic (exact) mass is 333 g/mol. The minimum Gasteiger partial charge on any atom is -0.481 e. The normalized spacial score (nSPS) is 16.3. The van der Waals surface area contributed by atoms with Crippen molar-refractivity contribution in [2.24, 2.45) is 0 Å². The molecule has 1 aromatic carbocycles. The molecule has 0 atom stereocenters. The molecule has 0 bridgehead atoms. The second-order valence-electron chi connectivity index (χ2n) is 5.99. The highest BCUT2D eigenvalue weighted by atomic mass is 19.1. The molecule has 4 nitrogen and oxygen atoms in total. The average molecular weight is 333 g/mol. The number of rotatable bonds is 5. The number of ether oxygens (including phenoxy) is 1. The second kappa shape index (κ2) is 7.68. The van der Waals surface area contributed by atoms with Crippen LogP contribution in [0.15, 0.2) is 36.5 Å². The van der Waals surface area contributed by atoms with Gasteiger partial charge in [-0.15, -0.1) is 0 Å². The van der Waals surface area contributed by atoms with Crippen molar-refractivity contribution in [3.8, 4) is 5.88 Å². The molecular formula is C18H21F2N3O. The lowest BCUT2D eigenvalue weighted by atomic mass is 10.1. The Morgan fingerprint density at radius 3 is 2.38 bits per heavy atom. The maximum absolute atomic E-state index is 13.7. The van der Waals surface area contributed by atoms with E-state index in [2.05, 4.69) is 14.8 Å². The van der Waals surface area contributed by atoms with E-state index in [1.165, 1.54) is 17.7 Å². The Hall–Kier alpha value is -2.05. The van der Waals surface area contributed by atoms with Crippen molar-refractivity contribution in [2.45, 2.75) is 13.1 Å². The van der Waals surface area contributed by atoms with Gasteiger partial charge in [-0.05, 0) is 17.7 Å². The highest BCUT2D eigenvalue weighted by molar-refractivity contribution is 5.20. The van der Waals surface area contributed by atoms with Gasteiger partial charge in [0.25, 0.3) is 0 Å². The summed E-state index contributed by atoms with van der Waals surface area (Å²) in [4.78, 5) is 8.66.